The van der Waals surface area contributed by atoms with E-state index in [2.05, 4.69) is 18.7 Å². The van der Waals surface area contributed by atoms with Gasteiger partial charge < -0.3 is 9.80 Å². The van der Waals surface area contributed by atoms with Gasteiger partial charge in [0, 0.05) is 32.2 Å². The van der Waals surface area contributed by atoms with Crippen LogP contribution in [0.25, 0.3) is 0 Å². The van der Waals surface area contributed by atoms with Crippen LogP contribution in [0.3, 0.4) is 0 Å². The number of carbonyl (C=O) groups is 1. The first-order chi connectivity index (χ1) is 9.00. The number of rotatable bonds is 3. The molecular weight excluding hydrogens is 256 g/mol. The van der Waals surface area contributed by atoms with E-state index in [9.17, 15) is 4.79 Å². The minimum atomic E-state index is 0.190. The number of likely N-dealkylation sites (tertiary alicyclic amines) is 1. The molecule has 0 atom stereocenters. The SMILES string of the molecule is Cc1ccsc1C(=O)N(C)C1CCN(C(C)C)CC1. The van der Waals surface area contributed by atoms with Crippen LogP contribution < -0.4 is 0 Å². The van der Waals surface area contributed by atoms with Crippen molar-refractivity contribution in [2.24, 2.45) is 0 Å². The van der Waals surface area contributed by atoms with Crippen LogP contribution in [0.5, 0.6) is 0 Å². The number of aryl methyl sites for hydroxylation is 1. The fourth-order valence-corrected chi connectivity index (χ4v) is 3.61. The summed E-state index contributed by atoms with van der Waals surface area (Å²) >= 11 is 1.55. The Kier molecular flexibility index (Phi) is 4.63. The van der Waals surface area contributed by atoms with Crippen LogP contribution in [-0.4, -0.2) is 47.9 Å². The minimum absolute atomic E-state index is 0.190. The highest BCUT2D eigenvalue weighted by molar-refractivity contribution is 7.12. The van der Waals surface area contributed by atoms with Crippen molar-refractivity contribution in [1.29, 1.82) is 0 Å². The molecule has 2 heterocycles. The van der Waals surface area contributed by atoms with Gasteiger partial charge in [0.15, 0.2) is 0 Å². The topological polar surface area (TPSA) is 23.6 Å². The molecule has 0 unspecified atom stereocenters. The highest BCUT2D eigenvalue weighted by Gasteiger charge is 2.27. The number of carbonyl (C=O) groups excluding carboxylic acids is 1. The van der Waals surface area contributed by atoms with Gasteiger partial charge in [-0.3, -0.25) is 4.79 Å². The van der Waals surface area contributed by atoms with Gasteiger partial charge in [-0.05, 0) is 50.6 Å². The average molecular weight is 280 g/mol. The van der Waals surface area contributed by atoms with E-state index in [-0.39, 0.29) is 5.91 Å². The molecule has 0 radical (unpaired) electrons. The third-order valence-corrected chi connectivity index (χ3v) is 5.16. The standard InChI is InChI=1S/C15H24N2OS/c1-11(2)17-8-5-13(6-9-17)16(4)15(18)14-12(3)7-10-19-14/h7,10-11,13H,5-6,8-9H2,1-4H3. The number of hydrogen-bond donors (Lipinski definition) is 0. The molecule has 1 aliphatic rings. The normalized spacial score (nSPS) is 17.9. The monoisotopic (exact) mass is 280 g/mol. The molecule has 106 valence electrons. The second kappa shape index (κ2) is 6.06. The van der Waals surface area contributed by atoms with E-state index in [1.54, 1.807) is 11.3 Å². The lowest BCUT2D eigenvalue weighted by molar-refractivity contribution is 0.0619. The fourth-order valence-electron chi connectivity index (χ4n) is 2.71. The molecule has 0 bridgehead atoms. The first-order valence-electron chi connectivity index (χ1n) is 7.06. The lowest BCUT2D eigenvalue weighted by Gasteiger charge is -2.38. The van der Waals surface area contributed by atoms with E-state index in [0.717, 1.165) is 36.4 Å². The van der Waals surface area contributed by atoms with E-state index < -0.39 is 0 Å². The van der Waals surface area contributed by atoms with E-state index in [0.29, 0.717) is 12.1 Å². The van der Waals surface area contributed by atoms with Crippen molar-refractivity contribution in [2.75, 3.05) is 20.1 Å². The van der Waals surface area contributed by atoms with Crippen molar-refractivity contribution in [3.05, 3.63) is 21.9 Å². The van der Waals surface area contributed by atoms with Crippen molar-refractivity contribution in [3.8, 4) is 0 Å². The van der Waals surface area contributed by atoms with Gasteiger partial charge in [0.25, 0.3) is 5.91 Å². The maximum atomic E-state index is 12.5. The predicted octanol–water partition coefficient (Wildman–Crippen LogP) is 3.00. The molecule has 0 aliphatic carbocycles. The average Bonchev–Trinajstić information content (AvgIpc) is 2.83. The van der Waals surface area contributed by atoms with Crippen LogP contribution in [0.15, 0.2) is 11.4 Å². The molecule has 1 amide bonds. The summed E-state index contributed by atoms with van der Waals surface area (Å²) in [4.78, 5) is 17.8. The predicted molar refractivity (Wildman–Crippen MR) is 80.9 cm³/mol. The van der Waals surface area contributed by atoms with Crippen LogP contribution in [-0.2, 0) is 0 Å². The summed E-state index contributed by atoms with van der Waals surface area (Å²) in [5, 5.41) is 2.00. The zero-order valence-corrected chi connectivity index (χ0v) is 13.2. The Hall–Kier alpha value is -0.870. The van der Waals surface area contributed by atoms with Crippen molar-refractivity contribution in [3.63, 3.8) is 0 Å². The van der Waals surface area contributed by atoms with E-state index >= 15 is 0 Å². The number of thiophene rings is 1. The van der Waals surface area contributed by atoms with E-state index in [1.165, 1.54) is 0 Å². The molecular formula is C15H24N2OS. The van der Waals surface area contributed by atoms with Gasteiger partial charge in [0.05, 0.1) is 4.88 Å². The molecule has 0 saturated carbocycles. The Morgan fingerprint density at radius 2 is 2.05 bits per heavy atom. The van der Waals surface area contributed by atoms with Gasteiger partial charge in [-0.25, -0.2) is 0 Å². The highest BCUT2D eigenvalue weighted by Crippen LogP contribution is 2.22. The molecule has 1 fully saturated rings. The minimum Gasteiger partial charge on any atom is -0.338 e. The molecule has 0 N–H and O–H groups in total. The maximum absolute atomic E-state index is 12.5. The zero-order chi connectivity index (χ0) is 14.0. The second-order valence-electron chi connectivity index (χ2n) is 5.71. The van der Waals surface area contributed by atoms with E-state index in [4.69, 9.17) is 0 Å². The Labute approximate surface area is 120 Å². The summed E-state index contributed by atoms with van der Waals surface area (Å²) in [5.41, 5.74) is 1.10. The van der Waals surface area contributed by atoms with Crippen molar-refractivity contribution in [2.45, 2.75) is 45.7 Å². The maximum Gasteiger partial charge on any atom is 0.264 e. The molecule has 19 heavy (non-hydrogen) atoms. The molecule has 1 aromatic rings. The summed E-state index contributed by atoms with van der Waals surface area (Å²) in [5.74, 6) is 0.190. The highest BCUT2D eigenvalue weighted by atomic mass is 32.1. The number of hydrogen-bond acceptors (Lipinski definition) is 3. The molecule has 0 spiro atoms. The first-order valence-corrected chi connectivity index (χ1v) is 7.94. The van der Waals surface area contributed by atoms with Crippen LogP contribution >= 0.6 is 11.3 Å². The molecule has 3 nitrogen and oxygen atoms in total. The van der Waals surface area contributed by atoms with Gasteiger partial charge in [-0.1, -0.05) is 0 Å². The van der Waals surface area contributed by atoms with Crippen LogP contribution in [0.2, 0.25) is 0 Å². The summed E-state index contributed by atoms with van der Waals surface area (Å²) in [6, 6.07) is 3.03. The molecule has 4 heteroatoms. The molecule has 1 saturated heterocycles. The summed E-state index contributed by atoms with van der Waals surface area (Å²) in [6.07, 6.45) is 2.18. The van der Waals surface area contributed by atoms with Gasteiger partial charge in [-0.15, -0.1) is 11.3 Å². The Morgan fingerprint density at radius 1 is 1.42 bits per heavy atom. The summed E-state index contributed by atoms with van der Waals surface area (Å²) < 4.78 is 0. The van der Waals surface area contributed by atoms with Gasteiger partial charge >= 0.3 is 0 Å². The lowest BCUT2D eigenvalue weighted by atomic mass is 10.0. The van der Waals surface area contributed by atoms with E-state index in [1.807, 2.05) is 30.3 Å². The van der Waals surface area contributed by atoms with Crippen LogP contribution in [0.4, 0.5) is 0 Å². The van der Waals surface area contributed by atoms with Crippen molar-refractivity contribution < 1.29 is 4.79 Å². The number of piperidine rings is 1. The summed E-state index contributed by atoms with van der Waals surface area (Å²) in [6.45, 7) is 8.69. The smallest absolute Gasteiger partial charge is 0.264 e. The van der Waals surface area contributed by atoms with Crippen LogP contribution in [0.1, 0.15) is 41.9 Å². The van der Waals surface area contributed by atoms with Gasteiger partial charge in [0.2, 0.25) is 0 Å². The van der Waals surface area contributed by atoms with Crippen LogP contribution in [0, 0.1) is 6.92 Å². The third-order valence-electron chi connectivity index (χ3n) is 4.15. The first kappa shape index (κ1) is 14.5. The number of nitrogens with zero attached hydrogens (tertiary/aromatic N) is 2. The Bertz CT molecular complexity index is 433. The fraction of sp³-hybridized carbons (Fsp3) is 0.667. The van der Waals surface area contributed by atoms with Crippen molar-refractivity contribution in [1.82, 2.24) is 9.80 Å². The van der Waals surface area contributed by atoms with Gasteiger partial charge in [-0.2, -0.15) is 0 Å². The number of amides is 1. The second-order valence-corrected chi connectivity index (χ2v) is 6.63. The molecule has 0 aromatic carbocycles. The van der Waals surface area contributed by atoms with Gasteiger partial charge in [0.1, 0.15) is 0 Å². The third kappa shape index (κ3) is 3.18. The largest absolute Gasteiger partial charge is 0.338 e. The Morgan fingerprint density at radius 3 is 2.53 bits per heavy atom. The molecule has 1 aliphatic heterocycles. The molecule has 1 aromatic heterocycles. The quantitative estimate of drug-likeness (QED) is 0.850. The zero-order valence-electron chi connectivity index (χ0n) is 12.3. The molecule has 2 rings (SSSR count). The van der Waals surface area contributed by atoms with Crippen molar-refractivity contribution >= 4 is 17.2 Å². The Balaban J connectivity index is 1.96. The summed E-state index contributed by atoms with van der Waals surface area (Å²) in [7, 11) is 1.96. The lowest BCUT2D eigenvalue weighted by Crippen LogP contribution is -2.47.